The number of methoxy groups -OCH3 is 1. The van der Waals surface area contributed by atoms with E-state index in [-0.39, 0.29) is 5.54 Å². The van der Waals surface area contributed by atoms with E-state index in [2.05, 4.69) is 32.6 Å². The maximum atomic E-state index is 6.04. The molecule has 0 aromatic heterocycles. The van der Waals surface area contributed by atoms with Gasteiger partial charge in [-0.05, 0) is 24.7 Å². The molecule has 1 saturated carbocycles. The highest BCUT2D eigenvalue weighted by Gasteiger charge is 2.47. The van der Waals surface area contributed by atoms with Gasteiger partial charge in [0.1, 0.15) is 0 Å². The zero-order valence-corrected chi connectivity index (χ0v) is 12.2. The number of nitrogens with zero attached hydrogens (tertiary/aromatic N) is 1. The summed E-state index contributed by atoms with van der Waals surface area (Å²) < 4.78 is 5.42. The van der Waals surface area contributed by atoms with Crippen LogP contribution in [0.1, 0.15) is 40.5 Å². The number of ether oxygens (including phenoxy) is 1. The molecule has 1 aliphatic rings. The van der Waals surface area contributed by atoms with E-state index in [1.807, 2.05) is 0 Å². The highest BCUT2D eigenvalue weighted by atomic mass is 16.5. The second-order valence-corrected chi connectivity index (χ2v) is 6.39. The molecule has 0 amide bonds. The molecule has 0 aromatic rings. The third-order valence-corrected chi connectivity index (χ3v) is 3.77. The van der Waals surface area contributed by atoms with Crippen LogP contribution < -0.4 is 5.73 Å². The van der Waals surface area contributed by atoms with Crippen molar-refractivity contribution in [3.05, 3.63) is 0 Å². The summed E-state index contributed by atoms with van der Waals surface area (Å²) in [6.45, 7) is 12.2. The maximum absolute atomic E-state index is 6.04. The molecule has 0 bridgehead atoms. The molecule has 0 aromatic carbocycles. The normalized spacial score (nSPS) is 29.1. The Hall–Kier alpha value is -0.120. The van der Waals surface area contributed by atoms with Crippen molar-refractivity contribution in [3.63, 3.8) is 0 Å². The van der Waals surface area contributed by atoms with Crippen molar-refractivity contribution in [1.29, 1.82) is 0 Å². The lowest BCUT2D eigenvalue weighted by molar-refractivity contribution is -0.0937. The van der Waals surface area contributed by atoms with Gasteiger partial charge in [-0.1, -0.05) is 27.7 Å². The van der Waals surface area contributed by atoms with Crippen LogP contribution in [0.5, 0.6) is 0 Å². The largest absolute Gasteiger partial charge is 0.381 e. The van der Waals surface area contributed by atoms with Gasteiger partial charge in [0.15, 0.2) is 0 Å². The summed E-state index contributed by atoms with van der Waals surface area (Å²) in [6.07, 6.45) is 2.61. The van der Waals surface area contributed by atoms with Crippen LogP contribution >= 0.6 is 0 Å². The molecule has 0 unspecified atom stereocenters. The second kappa shape index (κ2) is 6.17. The molecule has 0 atom stereocenters. The first-order valence-corrected chi connectivity index (χ1v) is 6.91. The Morgan fingerprint density at radius 1 is 1.18 bits per heavy atom. The Labute approximate surface area is 107 Å². The van der Waals surface area contributed by atoms with E-state index in [9.17, 15) is 0 Å². The summed E-state index contributed by atoms with van der Waals surface area (Å²) in [5.41, 5.74) is 6.24. The lowest BCUT2D eigenvalue weighted by Gasteiger charge is -2.54. The SMILES string of the molecule is COC1CC(CN)(N(CC(C)C)CC(C)C)C1. The van der Waals surface area contributed by atoms with E-state index in [0.29, 0.717) is 17.9 Å². The Balaban J connectivity index is 2.66. The van der Waals surface area contributed by atoms with Crippen LogP contribution in [0.25, 0.3) is 0 Å². The van der Waals surface area contributed by atoms with E-state index in [4.69, 9.17) is 10.5 Å². The average molecular weight is 242 g/mol. The van der Waals surface area contributed by atoms with Crippen LogP contribution in [-0.4, -0.2) is 43.3 Å². The van der Waals surface area contributed by atoms with Crippen LogP contribution in [-0.2, 0) is 4.74 Å². The van der Waals surface area contributed by atoms with Gasteiger partial charge in [-0.2, -0.15) is 0 Å². The molecule has 102 valence electrons. The van der Waals surface area contributed by atoms with Gasteiger partial charge in [0.05, 0.1) is 6.10 Å². The van der Waals surface area contributed by atoms with E-state index in [1.165, 1.54) is 0 Å². The number of hydrogen-bond donors (Lipinski definition) is 1. The van der Waals surface area contributed by atoms with Crippen LogP contribution in [0.15, 0.2) is 0 Å². The number of nitrogens with two attached hydrogens (primary N) is 1. The van der Waals surface area contributed by atoms with E-state index < -0.39 is 0 Å². The van der Waals surface area contributed by atoms with Gasteiger partial charge in [-0.15, -0.1) is 0 Å². The van der Waals surface area contributed by atoms with Crippen molar-refractivity contribution in [1.82, 2.24) is 4.90 Å². The molecule has 0 aliphatic heterocycles. The van der Waals surface area contributed by atoms with Crippen molar-refractivity contribution in [2.45, 2.75) is 52.2 Å². The zero-order valence-electron chi connectivity index (χ0n) is 12.2. The lowest BCUT2D eigenvalue weighted by Crippen LogP contribution is -2.65. The van der Waals surface area contributed by atoms with E-state index in [0.717, 1.165) is 32.5 Å². The molecule has 1 rings (SSSR count). The molecule has 0 spiro atoms. The predicted octanol–water partition coefficient (Wildman–Crippen LogP) is 2.11. The van der Waals surface area contributed by atoms with Crippen molar-refractivity contribution >= 4 is 0 Å². The molecule has 0 heterocycles. The van der Waals surface area contributed by atoms with Crippen molar-refractivity contribution < 1.29 is 4.74 Å². The minimum atomic E-state index is 0.204. The Kier molecular flexibility index (Phi) is 5.42. The summed E-state index contributed by atoms with van der Waals surface area (Å²) >= 11 is 0. The summed E-state index contributed by atoms with van der Waals surface area (Å²) in [7, 11) is 1.81. The lowest BCUT2D eigenvalue weighted by atomic mass is 9.72. The highest BCUT2D eigenvalue weighted by molar-refractivity contribution is 5.04. The van der Waals surface area contributed by atoms with E-state index >= 15 is 0 Å². The Bertz CT molecular complexity index is 212. The van der Waals surface area contributed by atoms with Crippen molar-refractivity contribution in [2.24, 2.45) is 17.6 Å². The van der Waals surface area contributed by atoms with Crippen LogP contribution in [0.2, 0.25) is 0 Å². The average Bonchev–Trinajstić information content (AvgIpc) is 2.15. The minimum Gasteiger partial charge on any atom is -0.381 e. The standard InChI is InChI=1S/C14H30N2O/c1-11(2)8-16(9-12(3)4)14(10-15)6-13(7-14)17-5/h11-13H,6-10,15H2,1-5H3. The van der Waals surface area contributed by atoms with Gasteiger partial charge in [0.2, 0.25) is 0 Å². The van der Waals surface area contributed by atoms with E-state index in [1.54, 1.807) is 7.11 Å². The summed E-state index contributed by atoms with van der Waals surface area (Å²) in [5.74, 6) is 1.39. The van der Waals surface area contributed by atoms with Gasteiger partial charge in [0, 0.05) is 32.3 Å². The molecule has 0 saturated heterocycles. The smallest absolute Gasteiger partial charge is 0.0607 e. The topological polar surface area (TPSA) is 38.5 Å². The monoisotopic (exact) mass is 242 g/mol. The van der Waals surface area contributed by atoms with Gasteiger partial charge < -0.3 is 10.5 Å². The Morgan fingerprint density at radius 3 is 1.94 bits per heavy atom. The van der Waals surface area contributed by atoms with Gasteiger partial charge in [-0.3, -0.25) is 4.90 Å². The molecule has 1 aliphatic carbocycles. The molecular formula is C14H30N2O. The fraction of sp³-hybridized carbons (Fsp3) is 1.00. The van der Waals surface area contributed by atoms with Crippen LogP contribution in [0, 0.1) is 11.8 Å². The third-order valence-electron chi connectivity index (χ3n) is 3.77. The maximum Gasteiger partial charge on any atom is 0.0607 e. The predicted molar refractivity (Wildman–Crippen MR) is 73.1 cm³/mol. The van der Waals surface area contributed by atoms with Crippen molar-refractivity contribution in [3.8, 4) is 0 Å². The fourth-order valence-electron chi connectivity index (χ4n) is 2.85. The third kappa shape index (κ3) is 3.67. The zero-order chi connectivity index (χ0) is 13.1. The first-order valence-electron chi connectivity index (χ1n) is 6.91. The first kappa shape index (κ1) is 14.9. The summed E-state index contributed by atoms with van der Waals surface area (Å²) in [4.78, 5) is 2.61. The molecular weight excluding hydrogens is 212 g/mol. The first-order chi connectivity index (χ1) is 7.93. The van der Waals surface area contributed by atoms with Gasteiger partial charge >= 0.3 is 0 Å². The van der Waals surface area contributed by atoms with Gasteiger partial charge in [0.25, 0.3) is 0 Å². The van der Waals surface area contributed by atoms with Crippen LogP contribution in [0.3, 0.4) is 0 Å². The molecule has 3 nitrogen and oxygen atoms in total. The second-order valence-electron chi connectivity index (χ2n) is 6.39. The van der Waals surface area contributed by atoms with Crippen molar-refractivity contribution in [2.75, 3.05) is 26.7 Å². The molecule has 3 heteroatoms. The molecule has 1 fully saturated rings. The number of hydrogen-bond acceptors (Lipinski definition) is 3. The fourth-order valence-corrected chi connectivity index (χ4v) is 2.85. The van der Waals surface area contributed by atoms with Crippen LogP contribution in [0.4, 0.5) is 0 Å². The quantitative estimate of drug-likeness (QED) is 0.743. The number of rotatable bonds is 7. The molecule has 0 radical (unpaired) electrons. The summed E-state index contributed by atoms with van der Waals surface area (Å²) in [5, 5.41) is 0. The Morgan fingerprint density at radius 2 is 1.65 bits per heavy atom. The minimum absolute atomic E-state index is 0.204. The van der Waals surface area contributed by atoms with Gasteiger partial charge in [-0.25, -0.2) is 0 Å². The highest BCUT2D eigenvalue weighted by Crippen LogP contribution is 2.39. The molecule has 2 N–H and O–H groups in total. The molecule has 17 heavy (non-hydrogen) atoms. The summed E-state index contributed by atoms with van der Waals surface area (Å²) in [6, 6.07) is 0.